The van der Waals surface area contributed by atoms with Gasteiger partial charge in [0.25, 0.3) is 10.1 Å². The predicted octanol–water partition coefficient (Wildman–Crippen LogP) is 1.89. The van der Waals surface area contributed by atoms with Gasteiger partial charge in [0, 0.05) is 0 Å². The van der Waals surface area contributed by atoms with E-state index in [0.717, 1.165) is 18.1 Å². The average Bonchev–Trinajstić information content (AvgIpc) is 2.01. The molecule has 0 aliphatic carbocycles. The van der Waals surface area contributed by atoms with Crippen LogP contribution in [0.25, 0.3) is 0 Å². The van der Waals surface area contributed by atoms with Crippen LogP contribution in [-0.4, -0.2) is 23.5 Å². The molecule has 0 fully saturated rings. The molecule has 88 valence electrons. The van der Waals surface area contributed by atoms with E-state index in [2.05, 4.69) is 0 Å². The van der Waals surface area contributed by atoms with Crippen LogP contribution in [-0.2, 0) is 10.1 Å². The molecular weight excluding hydrogens is 216 g/mol. The molecule has 0 bridgehead atoms. The van der Waals surface area contributed by atoms with E-state index >= 15 is 0 Å². The first-order chi connectivity index (χ1) is 6.73. The predicted molar refractivity (Wildman–Crippen MR) is 60.0 cm³/mol. The van der Waals surface area contributed by atoms with Gasteiger partial charge in [-0.05, 0) is 39.7 Å². The van der Waals surface area contributed by atoms with E-state index in [0.29, 0.717) is 6.42 Å². The molecule has 0 saturated heterocycles. The first kappa shape index (κ1) is 14.3. The van der Waals surface area contributed by atoms with Crippen LogP contribution in [0.3, 0.4) is 0 Å². The molecule has 2 N–H and O–H groups in total. The van der Waals surface area contributed by atoms with Gasteiger partial charge in [-0.25, -0.2) is 0 Å². The van der Waals surface area contributed by atoms with Gasteiger partial charge in [-0.3, -0.25) is 4.55 Å². The van der Waals surface area contributed by atoms with E-state index < -0.39 is 15.6 Å². The lowest BCUT2D eigenvalue weighted by Gasteiger charge is -2.03. The zero-order valence-corrected chi connectivity index (χ0v) is 10.1. The monoisotopic (exact) mass is 234 g/mol. The number of aliphatic hydroxyl groups is 1. The lowest BCUT2D eigenvalue weighted by Crippen LogP contribution is -2.17. The van der Waals surface area contributed by atoms with Gasteiger partial charge in [0.2, 0.25) is 0 Å². The largest absolute Gasteiger partial charge is 0.372 e. The van der Waals surface area contributed by atoms with Gasteiger partial charge in [-0.15, -0.1) is 0 Å². The molecule has 0 aliphatic rings. The third-order valence-corrected chi connectivity index (χ3v) is 2.57. The highest BCUT2D eigenvalue weighted by atomic mass is 32.2. The highest BCUT2D eigenvalue weighted by Gasteiger charge is 2.16. The highest BCUT2D eigenvalue weighted by molar-refractivity contribution is 7.86. The lowest BCUT2D eigenvalue weighted by molar-refractivity contribution is 0.274. The average molecular weight is 234 g/mol. The minimum Gasteiger partial charge on any atom is -0.372 e. The van der Waals surface area contributed by atoms with Crippen LogP contribution in [0.1, 0.15) is 33.6 Å². The SMILES string of the molecule is CC(C)=CCCC(C)=CC(O)S(=O)(=O)O. The summed E-state index contributed by atoms with van der Waals surface area (Å²) in [6.07, 6.45) is 4.63. The van der Waals surface area contributed by atoms with Crippen LogP contribution in [0.5, 0.6) is 0 Å². The molecule has 0 saturated carbocycles. The van der Waals surface area contributed by atoms with Crippen molar-refractivity contribution >= 4 is 10.1 Å². The fourth-order valence-electron chi connectivity index (χ4n) is 1.00. The molecule has 0 spiro atoms. The molecular formula is C10H18O4S. The first-order valence-electron chi connectivity index (χ1n) is 4.68. The Labute approximate surface area is 91.1 Å². The Bertz CT molecular complexity index is 348. The van der Waals surface area contributed by atoms with E-state index in [1.165, 1.54) is 5.57 Å². The van der Waals surface area contributed by atoms with Crippen molar-refractivity contribution in [3.63, 3.8) is 0 Å². The summed E-state index contributed by atoms with van der Waals surface area (Å²) in [7, 11) is -4.38. The standard InChI is InChI=1S/C10H18O4S/c1-8(2)5-4-6-9(3)7-10(11)15(12,13)14/h5,7,10-11H,4,6H2,1-3H3,(H,12,13,14). The van der Waals surface area contributed by atoms with Gasteiger partial charge in [-0.2, -0.15) is 8.42 Å². The van der Waals surface area contributed by atoms with Crippen LogP contribution < -0.4 is 0 Å². The Kier molecular flexibility index (Phi) is 5.79. The Balaban J connectivity index is 4.28. The van der Waals surface area contributed by atoms with Gasteiger partial charge < -0.3 is 5.11 Å². The summed E-state index contributed by atoms with van der Waals surface area (Å²) in [6, 6.07) is 0. The van der Waals surface area contributed by atoms with Crippen LogP contribution in [0.15, 0.2) is 23.3 Å². The molecule has 1 unspecified atom stereocenters. The van der Waals surface area contributed by atoms with Crippen molar-refractivity contribution in [2.24, 2.45) is 0 Å². The molecule has 15 heavy (non-hydrogen) atoms. The van der Waals surface area contributed by atoms with Crippen LogP contribution in [0.4, 0.5) is 0 Å². The maximum atomic E-state index is 10.5. The highest BCUT2D eigenvalue weighted by Crippen LogP contribution is 2.09. The summed E-state index contributed by atoms with van der Waals surface area (Å²) in [4.78, 5) is 0. The number of allylic oxidation sites excluding steroid dienone is 3. The van der Waals surface area contributed by atoms with Gasteiger partial charge in [0.1, 0.15) is 0 Å². The fraction of sp³-hybridized carbons (Fsp3) is 0.600. The van der Waals surface area contributed by atoms with Crippen LogP contribution in [0.2, 0.25) is 0 Å². The Morgan fingerprint density at radius 2 is 1.87 bits per heavy atom. The first-order valence-corrected chi connectivity index (χ1v) is 6.19. The van der Waals surface area contributed by atoms with Crippen molar-refractivity contribution in [1.82, 2.24) is 0 Å². The molecule has 0 aromatic rings. The minimum absolute atomic E-state index is 0.664. The lowest BCUT2D eigenvalue weighted by atomic mass is 10.1. The molecule has 0 amide bonds. The number of hydrogen-bond donors (Lipinski definition) is 2. The number of aliphatic hydroxyl groups excluding tert-OH is 1. The quantitative estimate of drug-likeness (QED) is 0.562. The van der Waals surface area contributed by atoms with Gasteiger partial charge in [0.15, 0.2) is 5.44 Å². The molecule has 5 heteroatoms. The second-order valence-corrected chi connectivity index (χ2v) is 5.25. The maximum Gasteiger partial charge on any atom is 0.295 e. The second kappa shape index (κ2) is 6.05. The summed E-state index contributed by atoms with van der Waals surface area (Å²) in [5.41, 5.74) is 0.111. The van der Waals surface area contributed by atoms with Crippen LogP contribution >= 0.6 is 0 Å². The number of rotatable bonds is 5. The summed E-state index contributed by atoms with van der Waals surface area (Å²) in [5.74, 6) is 0. The van der Waals surface area contributed by atoms with Gasteiger partial charge in [0.05, 0.1) is 0 Å². The van der Waals surface area contributed by atoms with Gasteiger partial charge in [-0.1, -0.05) is 17.2 Å². The Morgan fingerprint density at radius 3 is 2.27 bits per heavy atom. The topological polar surface area (TPSA) is 74.6 Å². The van der Waals surface area contributed by atoms with Crippen LogP contribution in [0, 0.1) is 0 Å². The van der Waals surface area contributed by atoms with Crippen molar-refractivity contribution in [3.05, 3.63) is 23.3 Å². The number of hydrogen-bond acceptors (Lipinski definition) is 3. The van der Waals surface area contributed by atoms with Crippen molar-refractivity contribution < 1.29 is 18.1 Å². The Morgan fingerprint density at radius 1 is 1.33 bits per heavy atom. The van der Waals surface area contributed by atoms with Crippen molar-refractivity contribution in [3.8, 4) is 0 Å². The summed E-state index contributed by atoms with van der Waals surface area (Å²) in [5, 5.41) is 9.03. The molecule has 0 aromatic heterocycles. The smallest absolute Gasteiger partial charge is 0.295 e. The molecule has 0 heterocycles. The van der Waals surface area contributed by atoms with Crippen molar-refractivity contribution in [1.29, 1.82) is 0 Å². The molecule has 4 nitrogen and oxygen atoms in total. The zero-order chi connectivity index (χ0) is 12.1. The van der Waals surface area contributed by atoms with Crippen molar-refractivity contribution in [2.45, 2.75) is 39.0 Å². The third kappa shape index (κ3) is 7.30. The van der Waals surface area contributed by atoms with Crippen molar-refractivity contribution in [2.75, 3.05) is 0 Å². The Hall–Kier alpha value is -0.650. The van der Waals surface area contributed by atoms with E-state index in [9.17, 15) is 8.42 Å². The van der Waals surface area contributed by atoms with E-state index in [1.807, 2.05) is 19.9 Å². The molecule has 1 atom stereocenters. The zero-order valence-electron chi connectivity index (χ0n) is 9.27. The van der Waals surface area contributed by atoms with E-state index in [1.54, 1.807) is 6.92 Å². The van der Waals surface area contributed by atoms with Gasteiger partial charge >= 0.3 is 0 Å². The summed E-state index contributed by atoms with van der Waals surface area (Å²) < 4.78 is 29.5. The third-order valence-electron chi connectivity index (χ3n) is 1.82. The second-order valence-electron chi connectivity index (χ2n) is 3.74. The molecule has 0 aromatic carbocycles. The molecule has 0 rings (SSSR count). The summed E-state index contributed by atoms with van der Waals surface area (Å²) in [6.45, 7) is 5.67. The van der Waals surface area contributed by atoms with E-state index in [-0.39, 0.29) is 0 Å². The normalized spacial score (nSPS) is 14.9. The molecule has 0 radical (unpaired) electrons. The molecule has 0 aliphatic heterocycles. The maximum absolute atomic E-state index is 10.5. The fourth-order valence-corrected chi connectivity index (χ4v) is 1.41. The minimum atomic E-state index is -4.38. The van der Waals surface area contributed by atoms with E-state index in [4.69, 9.17) is 9.66 Å². The summed E-state index contributed by atoms with van der Waals surface area (Å²) >= 11 is 0.